The molecule has 3 aromatic rings. The Morgan fingerprint density at radius 1 is 1.21 bits per heavy atom. The van der Waals surface area contributed by atoms with Crippen molar-refractivity contribution >= 4 is 28.4 Å². The minimum absolute atomic E-state index is 0.536. The Balaban J connectivity index is 1.80. The van der Waals surface area contributed by atoms with Crippen LogP contribution in [0.15, 0.2) is 46.9 Å². The van der Waals surface area contributed by atoms with Gasteiger partial charge in [0.1, 0.15) is 5.52 Å². The third-order valence-electron chi connectivity index (χ3n) is 2.92. The molecule has 0 fully saturated rings. The summed E-state index contributed by atoms with van der Waals surface area (Å²) in [5, 5.41) is 3.95. The maximum atomic E-state index is 5.93. The highest BCUT2D eigenvalue weighted by Crippen LogP contribution is 2.20. The molecular formula is C15H13ClN2O. The molecule has 4 heteroatoms. The molecule has 0 unspecified atom stereocenters. The van der Waals surface area contributed by atoms with Crippen LogP contribution in [0.25, 0.3) is 11.1 Å². The van der Waals surface area contributed by atoms with E-state index in [0.29, 0.717) is 17.5 Å². The lowest BCUT2D eigenvalue weighted by molar-refractivity contribution is 0.539. The topological polar surface area (TPSA) is 38.1 Å². The molecule has 1 N–H and O–H groups in total. The summed E-state index contributed by atoms with van der Waals surface area (Å²) in [5.41, 5.74) is 3.79. The molecule has 96 valence electrons. The summed E-state index contributed by atoms with van der Waals surface area (Å²) in [7, 11) is 0. The number of oxazole rings is 1. The van der Waals surface area contributed by atoms with Crippen LogP contribution in [0.2, 0.25) is 5.02 Å². The number of rotatable bonds is 3. The van der Waals surface area contributed by atoms with E-state index in [4.69, 9.17) is 16.0 Å². The molecule has 0 aliphatic rings. The Labute approximate surface area is 116 Å². The van der Waals surface area contributed by atoms with E-state index in [2.05, 4.69) is 10.3 Å². The first-order valence-electron chi connectivity index (χ1n) is 6.07. The predicted molar refractivity (Wildman–Crippen MR) is 77.5 cm³/mol. The third kappa shape index (κ3) is 2.56. The lowest BCUT2D eigenvalue weighted by atomic mass is 10.2. The van der Waals surface area contributed by atoms with E-state index >= 15 is 0 Å². The van der Waals surface area contributed by atoms with Crippen molar-refractivity contribution in [3.05, 3.63) is 58.9 Å². The second-order valence-corrected chi connectivity index (χ2v) is 4.83. The molecule has 0 radical (unpaired) electrons. The van der Waals surface area contributed by atoms with Gasteiger partial charge < -0.3 is 9.73 Å². The van der Waals surface area contributed by atoms with Crippen LogP contribution in [-0.2, 0) is 6.54 Å². The quantitative estimate of drug-likeness (QED) is 0.768. The molecular weight excluding hydrogens is 260 g/mol. The Morgan fingerprint density at radius 3 is 2.84 bits per heavy atom. The van der Waals surface area contributed by atoms with Crippen LogP contribution in [0.5, 0.6) is 0 Å². The van der Waals surface area contributed by atoms with Crippen LogP contribution in [-0.4, -0.2) is 4.98 Å². The van der Waals surface area contributed by atoms with Crippen LogP contribution in [0.1, 0.15) is 11.5 Å². The van der Waals surface area contributed by atoms with E-state index in [1.54, 1.807) is 0 Å². The van der Waals surface area contributed by atoms with Crippen molar-refractivity contribution in [3.63, 3.8) is 0 Å². The van der Waals surface area contributed by atoms with Gasteiger partial charge >= 0.3 is 0 Å². The molecule has 0 atom stereocenters. The van der Waals surface area contributed by atoms with E-state index in [-0.39, 0.29) is 0 Å². The highest BCUT2D eigenvalue weighted by Gasteiger charge is 2.07. The first kappa shape index (κ1) is 12.1. The fourth-order valence-electron chi connectivity index (χ4n) is 1.98. The second kappa shape index (κ2) is 4.94. The minimum Gasteiger partial charge on any atom is -0.438 e. The number of aromatic nitrogens is 1. The molecule has 3 rings (SSSR count). The van der Waals surface area contributed by atoms with Crippen LogP contribution < -0.4 is 5.32 Å². The molecule has 0 spiro atoms. The Kier molecular flexibility index (Phi) is 3.13. The number of halogens is 1. The zero-order chi connectivity index (χ0) is 13.2. The highest BCUT2D eigenvalue weighted by atomic mass is 35.5. The maximum absolute atomic E-state index is 5.93. The summed E-state index contributed by atoms with van der Waals surface area (Å²) >= 11 is 5.93. The second-order valence-electron chi connectivity index (χ2n) is 4.39. The molecule has 0 saturated carbocycles. The average Bonchev–Trinajstić information content (AvgIpc) is 2.81. The molecule has 2 aromatic carbocycles. The van der Waals surface area contributed by atoms with E-state index in [1.807, 2.05) is 49.4 Å². The first-order valence-corrected chi connectivity index (χ1v) is 6.44. The smallest absolute Gasteiger partial charge is 0.214 e. The average molecular weight is 273 g/mol. The monoisotopic (exact) mass is 272 g/mol. The van der Waals surface area contributed by atoms with E-state index in [0.717, 1.165) is 22.4 Å². The Bertz CT molecular complexity index is 721. The van der Waals surface area contributed by atoms with Crippen LogP contribution in [0.3, 0.4) is 0 Å². The predicted octanol–water partition coefficient (Wildman–Crippen LogP) is 4.40. The lowest BCUT2D eigenvalue weighted by Crippen LogP contribution is -1.99. The van der Waals surface area contributed by atoms with Crippen LogP contribution in [0.4, 0.5) is 5.69 Å². The number of aryl methyl sites for hydroxylation is 1. The summed E-state index contributed by atoms with van der Waals surface area (Å²) in [6, 6.07) is 13.5. The maximum Gasteiger partial charge on any atom is 0.214 e. The summed E-state index contributed by atoms with van der Waals surface area (Å²) in [5.74, 6) is 0.671. The number of nitrogens with zero attached hydrogens (tertiary/aromatic N) is 1. The van der Waals surface area contributed by atoms with Crippen molar-refractivity contribution in [2.24, 2.45) is 0 Å². The fourth-order valence-corrected chi connectivity index (χ4v) is 2.17. The molecule has 1 aromatic heterocycles. The number of para-hydroxylation sites is 1. The van der Waals surface area contributed by atoms with Gasteiger partial charge in [0, 0.05) is 10.7 Å². The van der Waals surface area contributed by atoms with Crippen molar-refractivity contribution in [2.75, 3.05) is 5.32 Å². The Morgan fingerprint density at radius 2 is 2.05 bits per heavy atom. The minimum atomic E-state index is 0.536. The van der Waals surface area contributed by atoms with Gasteiger partial charge in [-0.15, -0.1) is 0 Å². The molecule has 3 nitrogen and oxygen atoms in total. The number of nitrogens with one attached hydrogen (secondary N) is 1. The number of hydrogen-bond donors (Lipinski definition) is 1. The number of fused-ring (bicyclic) bond motifs is 1. The highest BCUT2D eigenvalue weighted by molar-refractivity contribution is 6.30. The van der Waals surface area contributed by atoms with Gasteiger partial charge in [0.05, 0.1) is 6.54 Å². The summed E-state index contributed by atoms with van der Waals surface area (Å²) in [6.45, 7) is 2.55. The third-order valence-corrected chi connectivity index (χ3v) is 3.16. The van der Waals surface area contributed by atoms with Crippen LogP contribution >= 0.6 is 11.6 Å². The Hall–Kier alpha value is -2.00. The van der Waals surface area contributed by atoms with Gasteiger partial charge in [-0.05, 0) is 36.8 Å². The van der Waals surface area contributed by atoms with E-state index < -0.39 is 0 Å². The van der Waals surface area contributed by atoms with Gasteiger partial charge in [-0.2, -0.15) is 0 Å². The van der Waals surface area contributed by atoms with E-state index in [1.165, 1.54) is 0 Å². The standard InChI is InChI=1S/C15H13ClN2O/c1-10-4-2-7-13-15(10)19-14(18-13)9-17-12-6-3-5-11(16)8-12/h2-8,17H,9H2,1H3. The summed E-state index contributed by atoms with van der Waals surface area (Å²) < 4.78 is 5.74. The normalized spacial score (nSPS) is 10.8. The molecule has 1 heterocycles. The molecule has 0 aliphatic heterocycles. The lowest BCUT2D eigenvalue weighted by Gasteiger charge is -2.03. The molecule has 19 heavy (non-hydrogen) atoms. The van der Waals surface area contributed by atoms with Crippen LogP contribution in [0, 0.1) is 6.92 Å². The zero-order valence-corrected chi connectivity index (χ0v) is 11.2. The number of anilines is 1. The van der Waals surface area contributed by atoms with Gasteiger partial charge in [0.2, 0.25) is 5.89 Å². The van der Waals surface area contributed by atoms with Crippen molar-refractivity contribution in [1.29, 1.82) is 0 Å². The largest absolute Gasteiger partial charge is 0.438 e. The van der Waals surface area contributed by atoms with E-state index in [9.17, 15) is 0 Å². The van der Waals surface area contributed by atoms with Gasteiger partial charge in [0.15, 0.2) is 5.58 Å². The van der Waals surface area contributed by atoms with Gasteiger partial charge in [-0.3, -0.25) is 0 Å². The van der Waals surface area contributed by atoms with Gasteiger partial charge in [-0.1, -0.05) is 29.8 Å². The van der Waals surface area contributed by atoms with Crippen molar-refractivity contribution < 1.29 is 4.42 Å². The van der Waals surface area contributed by atoms with Crippen molar-refractivity contribution in [2.45, 2.75) is 13.5 Å². The molecule has 0 aliphatic carbocycles. The van der Waals surface area contributed by atoms with Gasteiger partial charge in [0.25, 0.3) is 0 Å². The number of benzene rings is 2. The molecule has 0 amide bonds. The molecule has 0 saturated heterocycles. The SMILES string of the molecule is Cc1cccc2nc(CNc3cccc(Cl)c3)oc12. The molecule has 0 bridgehead atoms. The number of hydrogen-bond acceptors (Lipinski definition) is 3. The fraction of sp³-hybridized carbons (Fsp3) is 0.133. The summed E-state index contributed by atoms with van der Waals surface area (Å²) in [6.07, 6.45) is 0. The van der Waals surface area contributed by atoms with Crippen molar-refractivity contribution in [3.8, 4) is 0 Å². The van der Waals surface area contributed by atoms with Gasteiger partial charge in [-0.25, -0.2) is 4.98 Å². The zero-order valence-electron chi connectivity index (χ0n) is 10.5. The summed E-state index contributed by atoms with van der Waals surface area (Å²) in [4.78, 5) is 4.45. The first-order chi connectivity index (χ1) is 9.22. The van der Waals surface area contributed by atoms with Crippen molar-refractivity contribution in [1.82, 2.24) is 4.98 Å².